The van der Waals surface area contributed by atoms with Gasteiger partial charge in [-0.15, -0.1) is 0 Å². The van der Waals surface area contributed by atoms with Gasteiger partial charge in [0.15, 0.2) is 11.5 Å². The second-order valence-corrected chi connectivity index (χ2v) is 6.62. The van der Waals surface area contributed by atoms with Gasteiger partial charge >= 0.3 is 6.03 Å². The lowest BCUT2D eigenvalue weighted by molar-refractivity contribution is 0.262. The summed E-state index contributed by atoms with van der Waals surface area (Å²) >= 11 is 0. The molecule has 162 valence electrons. The van der Waals surface area contributed by atoms with Crippen LogP contribution in [0.3, 0.4) is 0 Å². The molecule has 0 aliphatic carbocycles. The summed E-state index contributed by atoms with van der Waals surface area (Å²) in [7, 11) is 3.10. The molecule has 3 aromatic carbocycles. The molecular weight excluding hydrogens is 415 g/mol. The highest BCUT2D eigenvalue weighted by Crippen LogP contribution is 2.35. The lowest BCUT2D eigenvalue weighted by Crippen LogP contribution is -2.19. The van der Waals surface area contributed by atoms with Gasteiger partial charge in [-0.3, -0.25) is 0 Å². The molecule has 0 unspecified atom stereocenters. The Morgan fingerprint density at radius 2 is 1.59 bits per heavy atom. The zero-order chi connectivity index (χ0) is 22.5. The predicted octanol–water partition coefficient (Wildman–Crippen LogP) is 5.22. The number of nitrogens with zero attached hydrogens (tertiary/aromatic N) is 2. The van der Waals surface area contributed by atoms with Gasteiger partial charge in [-0.1, -0.05) is 6.07 Å². The van der Waals surface area contributed by atoms with E-state index in [-0.39, 0.29) is 0 Å². The Kier molecular flexibility index (Phi) is 5.98. The van der Waals surface area contributed by atoms with Crippen molar-refractivity contribution >= 4 is 28.3 Å². The summed E-state index contributed by atoms with van der Waals surface area (Å²) in [5.41, 5.74) is 1.52. The minimum Gasteiger partial charge on any atom is -0.493 e. The molecule has 4 rings (SSSR count). The van der Waals surface area contributed by atoms with Crippen molar-refractivity contribution in [3.63, 3.8) is 0 Å². The predicted molar refractivity (Wildman–Crippen MR) is 118 cm³/mol. The Balaban J connectivity index is 1.48. The van der Waals surface area contributed by atoms with Crippen molar-refractivity contribution in [3.05, 3.63) is 72.8 Å². The van der Waals surface area contributed by atoms with Crippen LogP contribution in [0.25, 0.3) is 10.9 Å². The zero-order valence-electron chi connectivity index (χ0n) is 17.3. The molecule has 0 radical (unpaired) electrons. The highest BCUT2D eigenvalue weighted by molar-refractivity contribution is 5.99. The SMILES string of the molecule is COc1cc2ncnc(Oc3ccc(NC(=O)Nc4cccc(F)c4)cc3)c2cc1OC. The first-order valence-corrected chi connectivity index (χ1v) is 9.54. The third kappa shape index (κ3) is 4.67. The molecule has 0 saturated heterocycles. The second kappa shape index (κ2) is 9.17. The quantitative estimate of drug-likeness (QED) is 0.432. The molecule has 0 bridgehead atoms. The lowest BCUT2D eigenvalue weighted by atomic mass is 10.2. The third-order valence-electron chi connectivity index (χ3n) is 4.51. The van der Waals surface area contributed by atoms with E-state index in [1.165, 1.54) is 24.5 Å². The first-order valence-electron chi connectivity index (χ1n) is 9.54. The number of aromatic nitrogens is 2. The van der Waals surface area contributed by atoms with Gasteiger partial charge in [0.05, 0.1) is 25.1 Å². The Morgan fingerprint density at radius 3 is 2.31 bits per heavy atom. The van der Waals surface area contributed by atoms with Gasteiger partial charge in [-0.2, -0.15) is 0 Å². The van der Waals surface area contributed by atoms with Crippen molar-refractivity contribution in [2.24, 2.45) is 0 Å². The topological polar surface area (TPSA) is 94.6 Å². The highest BCUT2D eigenvalue weighted by Gasteiger charge is 2.12. The molecule has 0 spiro atoms. The maximum atomic E-state index is 13.2. The number of ether oxygens (including phenoxy) is 3. The summed E-state index contributed by atoms with van der Waals surface area (Å²) in [5, 5.41) is 5.89. The lowest BCUT2D eigenvalue weighted by Gasteiger charge is -2.12. The minimum absolute atomic E-state index is 0.348. The molecule has 0 fully saturated rings. The van der Waals surface area contributed by atoms with Crippen molar-refractivity contribution in [2.45, 2.75) is 0 Å². The summed E-state index contributed by atoms with van der Waals surface area (Å²) in [5.74, 6) is 1.51. The first kappa shape index (κ1) is 20.9. The van der Waals surface area contributed by atoms with Crippen LogP contribution in [0.4, 0.5) is 20.6 Å². The van der Waals surface area contributed by atoms with Crippen LogP contribution in [0, 0.1) is 5.82 Å². The average molecular weight is 434 g/mol. The number of nitrogens with one attached hydrogen (secondary N) is 2. The van der Waals surface area contributed by atoms with Gasteiger partial charge in [0.25, 0.3) is 0 Å². The average Bonchev–Trinajstić information content (AvgIpc) is 2.79. The molecule has 4 aromatic rings. The molecule has 0 saturated carbocycles. The van der Waals surface area contributed by atoms with Crippen LogP contribution in [0.1, 0.15) is 0 Å². The van der Waals surface area contributed by atoms with Crippen molar-refractivity contribution in [1.82, 2.24) is 9.97 Å². The molecule has 0 aliphatic heterocycles. The van der Waals surface area contributed by atoms with E-state index in [2.05, 4.69) is 20.6 Å². The summed E-state index contributed by atoms with van der Waals surface area (Å²) in [6, 6.07) is 15.4. The molecule has 1 aromatic heterocycles. The highest BCUT2D eigenvalue weighted by atomic mass is 19.1. The number of urea groups is 1. The van der Waals surface area contributed by atoms with Crippen LogP contribution < -0.4 is 24.8 Å². The standard InChI is InChI=1S/C23H19FN4O4/c1-30-20-11-18-19(12-21(20)31-2)25-13-26-22(18)32-17-8-6-15(7-9-17)27-23(29)28-16-5-3-4-14(24)10-16/h3-13H,1-2H3,(H2,27,28,29). The van der Waals surface area contributed by atoms with Crippen LogP contribution in [0.5, 0.6) is 23.1 Å². The van der Waals surface area contributed by atoms with E-state index in [4.69, 9.17) is 14.2 Å². The van der Waals surface area contributed by atoms with E-state index in [0.29, 0.717) is 45.4 Å². The molecule has 2 amide bonds. The largest absolute Gasteiger partial charge is 0.493 e. The number of anilines is 2. The Hall–Kier alpha value is -4.40. The van der Waals surface area contributed by atoms with Gasteiger partial charge in [-0.25, -0.2) is 19.2 Å². The molecular formula is C23H19FN4O4. The van der Waals surface area contributed by atoms with Gasteiger partial charge in [0.1, 0.15) is 17.9 Å². The molecule has 1 heterocycles. The fourth-order valence-corrected chi connectivity index (χ4v) is 3.02. The molecule has 2 N–H and O–H groups in total. The molecule has 32 heavy (non-hydrogen) atoms. The number of fused-ring (bicyclic) bond motifs is 1. The van der Waals surface area contributed by atoms with E-state index in [1.54, 1.807) is 56.7 Å². The third-order valence-corrected chi connectivity index (χ3v) is 4.51. The smallest absolute Gasteiger partial charge is 0.323 e. The number of carbonyl (C=O) groups is 1. The van der Waals surface area contributed by atoms with E-state index >= 15 is 0 Å². The number of amides is 2. The van der Waals surface area contributed by atoms with Crippen molar-refractivity contribution in [1.29, 1.82) is 0 Å². The molecule has 0 atom stereocenters. The monoisotopic (exact) mass is 434 g/mol. The maximum Gasteiger partial charge on any atom is 0.323 e. The summed E-state index contributed by atoms with van der Waals surface area (Å²) in [4.78, 5) is 20.6. The molecule has 8 nitrogen and oxygen atoms in total. The summed E-state index contributed by atoms with van der Waals surface area (Å²) < 4.78 is 29.8. The van der Waals surface area contributed by atoms with E-state index < -0.39 is 11.8 Å². The van der Waals surface area contributed by atoms with E-state index in [9.17, 15) is 9.18 Å². The van der Waals surface area contributed by atoms with Crippen LogP contribution >= 0.6 is 0 Å². The maximum absolute atomic E-state index is 13.2. The number of carbonyl (C=O) groups excluding carboxylic acids is 1. The van der Waals surface area contributed by atoms with E-state index in [0.717, 1.165) is 0 Å². The Bertz CT molecular complexity index is 1260. The number of hydrogen-bond donors (Lipinski definition) is 2. The van der Waals surface area contributed by atoms with Crippen LogP contribution in [-0.4, -0.2) is 30.2 Å². The minimum atomic E-state index is -0.493. The first-order chi connectivity index (χ1) is 15.6. The Labute approximate surface area is 183 Å². The van der Waals surface area contributed by atoms with E-state index in [1.807, 2.05) is 0 Å². The Morgan fingerprint density at radius 1 is 0.875 bits per heavy atom. The zero-order valence-corrected chi connectivity index (χ0v) is 17.3. The van der Waals surface area contributed by atoms with Crippen LogP contribution in [-0.2, 0) is 0 Å². The fourth-order valence-electron chi connectivity index (χ4n) is 3.02. The molecule has 9 heteroatoms. The van der Waals surface area contributed by atoms with Gasteiger partial charge < -0.3 is 24.8 Å². The van der Waals surface area contributed by atoms with Crippen molar-refractivity contribution in [3.8, 4) is 23.1 Å². The van der Waals surface area contributed by atoms with Gasteiger partial charge in [0.2, 0.25) is 5.88 Å². The summed E-state index contributed by atoms with van der Waals surface area (Å²) in [6.45, 7) is 0. The normalized spacial score (nSPS) is 10.5. The number of methoxy groups -OCH3 is 2. The van der Waals surface area contributed by atoms with Crippen molar-refractivity contribution in [2.75, 3.05) is 24.9 Å². The number of benzene rings is 3. The summed E-state index contributed by atoms with van der Waals surface area (Å²) in [6.07, 6.45) is 1.40. The number of hydrogen-bond acceptors (Lipinski definition) is 6. The van der Waals surface area contributed by atoms with Crippen LogP contribution in [0.2, 0.25) is 0 Å². The van der Waals surface area contributed by atoms with Crippen LogP contribution in [0.15, 0.2) is 67.0 Å². The second-order valence-electron chi connectivity index (χ2n) is 6.62. The number of halogens is 1. The van der Waals surface area contributed by atoms with Gasteiger partial charge in [-0.05, 0) is 48.5 Å². The van der Waals surface area contributed by atoms with Gasteiger partial charge in [0, 0.05) is 17.4 Å². The molecule has 0 aliphatic rings. The fraction of sp³-hybridized carbons (Fsp3) is 0.0870. The van der Waals surface area contributed by atoms with Crippen molar-refractivity contribution < 1.29 is 23.4 Å². The number of rotatable bonds is 6.